The lowest BCUT2D eigenvalue weighted by Gasteiger charge is -2.26. The van der Waals surface area contributed by atoms with Gasteiger partial charge in [0.1, 0.15) is 0 Å². The molecule has 0 bridgehead atoms. The van der Waals surface area contributed by atoms with E-state index in [0.717, 1.165) is 32.6 Å². The molecule has 0 rings (SSSR count). The summed E-state index contributed by atoms with van der Waals surface area (Å²) < 4.78 is 0. The first-order valence-electron chi connectivity index (χ1n) is 6.06. The van der Waals surface area contributed by atoms with E-state index in [1.807, 2.05) is 6.92 Å². The maximum Gasteiger partial charge on any atom is 0.0552 e. The van der Waals surface area contributed by atoms with Crippen molar-refractivity contribution in [2.45, 2.75) is 33.3 Å². The highest BCUT2D eigenvalue weighted by molar-refractivity contribution is 4.69. The quantitative estimate of drug-likeness (QED) is 0.662. The van der Waals surface area contributed by atoms with Crippen LogP contribution in [0.15, 0.2) is 0 Å². The zero-order valence-electron chi connectivity index (χ0n) is 11.0. The maximum absolute atomic E-state index is 9.67. The van der Waals surface area contributed by atoms with Crippen LogP contribution in [0.1, 0.15) is 27.2 Å². The minimum atomic E-state index is -0.206. The summed E-state index contributed by atoms with van der Waals surface area (Å²) in [6.07, 6.45) is 0.875. The summed E-state index contributed by atoms with van der Waals surface area (Å²) >= 11 is 0. The molecule has 0 amide bonds. The van der Waals surface area contributed by atoms with Gasteiger partial charge < -0.3 is 14.9 Å². The maximum atomic E-state index is 9.67. The lowest BCUT2D eigenvalue weighted by molar-refractivity contribution is 0.0925. The predicted molar refractivity (Wildman–Crippen MR) is 66.1 cm³/mol. The van der Waals surface area contributed by atoms with Crippen LogP contribution in [0.25, 0.3) is 0 Å². The zero-order valence-corrected chi connectivity index (χ0v) is 11.0. The third-order valence-corrected chi connectivity index (χ3v) is 2.99. The summed E-state index contributed by atoms with van der Waals surface area (Å²) in [5.41, 5.74) is 0. The van der Waals surface area contributed by atoms with Gasteiger partial charge in [0.15, 0.2) is 0 Å². The molecule has 0 aromatic carbocycles. The number of nitrogens with zero attached hydrogens (tertiary/aromatic N) is 2. The normalized spacial score (nSPS) is 16.0. The Kier molecular flexibility index (Phi) is 8.02. The van der Waals surface area contributed by atoms with Gasteiger partial charge in [-0.25, -0.2) is 0 Å². The van der Waals surface area contributed by atoms with Gasteiger partial charge in [-0.05, 0) is 53.0 Å². The van der Waals surface area contributed by atoms with E-state index in [4.69, 9.17) is 0 Å². The Balaban J connectivity index is 3.94. The molecule has 92 valence electrons. The van der Waals surface area contributed by atoms with Crippen molar-refractivity contribution in [2.75, 3.05) is 40.3 Å². The number of hydrogen-bond acceptors (Lipinski definition) is 3. The van der Waals surface area contributed by atoms with Gasteiger partial charge in [-0.2, -0.15) is 0 Å². The van der Waals surface area contributed by atoms with Crippen molar-refractivity contribution in [1.82, 2.24) is 9.80 Å². The first-order valence-corrected chi connectivity index (χ1v) is 6.06. The fourth-order valence-corrected chi connectivity index (χ4v) is 1.84. The lowest BCUT2D eigenvalue weighted by Crippen LogP contribution is -2.33. The molecule has 3 heteroatoms. The Morgan fingerprint density at radius 3 is 2.00 bits per heavy atom. The van der Waals surface area contributed by atoms with Crippen LogP contribution in [0.4, 0.5) is 0 Å². The second-order valence-corrected chi connectivity index (χ2v) is 4.58. The Morgan fingerprint density at radius 1 is 1.13 bits per heavy atom. The fraction of sp³-hybridized carbons (Fsp3) is 1.00. The summed E-state index contributed by atoms with van der Waals surface area (Å²) in [5.74, 6) is 0.389. The molecule has 2 atom stereocenters. The standard InChI is InChI=1S/C12H28N2O/c1-6-14(7-2)9-8-12(11(3)15)10-13(4)5/h11-12,15H,6-10H2,1-5H3/t11-,12-/m0/s1. The minimum Gasteiger partial charge on any atom is -0.393 e. The molecule has 0 fully saturated rings. The second kappa shape index (κ2) is 8.08. The summed E-state index contributed by atoms with van der Waals surface area (Å²) in [5, 5.41) is 9.67. The van der Waals surface area contributed by atoms with Crippen molar-refractivity contribution in [3.63, 3.8) is 0 Å². The van der Waals surface area contributed by atoms with Gasteiger partial charge >= 0.3 is 0 Å². The Morgan fingerprint density at radius 2 is 1.67 bits per heavy atom. The van der Waals surface area contributed by atoms with E-state index >= 15 is 0 Å². The molecule has 3 nitrogen and oxygen atoms in total. The molecule has 0 radical (unpaired) electrons. The van der Waals surface area contributed by atoms with Gasteiger partial charge in [0, 0.05) is 6.54 Å². The van der Waals surface area contributed by atoms with Crippen LogP contribution in [0, 0.1) is 5.92 Å². The largest absolute Gasteiger partial charge is 0.393 e. The minimum absolute atomic E-state index is 0.206. The SMILES string of the molecule is CCN(CC)CC[C@@H](CN(C)C)[C@H](C)O. The van der Waals surface area contributed by atoms with Crippen LogP contribution in [-0.4, -0.2) is 61.3 Å². The van der Waals surface area contributed by atoms with E-state index in [-0.39, 0.29) is 6.10 Å². The summed E-state index contributed by atoms with van der Waals surface area (Å²) in [4.78, 5) is 4.56. The Bertz CT molecular complexity index is 145. The molecule has 0 saturated carbocycles. The molecule has 0 unspecified atom stereocenters. The van der Waals surface area contributed by atoms with Gasteiger partial charge in [0.05, 0.1) is 6.10 Å². The van der Waals surface area contributed by atoms with E-state index in [9.17, 15) is 5.11 Å². The fourth-order valence-electron chi connectivity index (χ4n) is 1.84. The number of hydrogen-bond donors (Lipinski definition) is 1. The monoisotopic (exact) mass is 216 g/mol. The van der Waals surface area contributed by atoms with Crippen molar-refractivity contribution in [3.8, 4) is 0 Å². The van der Waals surface area contributed by atoms with Crippen molar-refractivity contribution in [3.05, 3.63) is 0 Å². The van der Waals surface area contributed by atoms with Crippen molar-refractivity contribution < 1.29 is 5.11 Å². The molecule has 0 aliphatic rings. The van der Waals surface area contributed by atoms with E-state index in [0.29, 0.717) is 5.92 Å². The Labute approximate surface area is 95.1 Å². The van der Waals surface area contributed by atoms with Gasteiger partial charge in [-0.3, -0.25) is 0 Å². The average molecular weight is 216 g/mol. The molecular weight excluding hydrogens is 188 g/mol. The van der Waals surface area contributed by atoms with Gasteiger partial charge in [-0.15, -0.1) is 0 Å². The van der Waals surface area contributed by atoms with Crippen LogP contribution in [-0.2, 0) is 0 Å². The Hall–Kier alpha value is -0.120. The molecule has 1 N–H and O–H groups in total. The predicted octanol–water partition coefficient (Wildman–Crippen LogP) is 1.28. The lowest BCUT2D eigenvalue weighted by atomic mass is 9.99. The highest BCUT2D eigenvalue weighted by Gasteiger charge is 2.16. The van der Waals surface area contributed by atoms with E-state index in [1.165, 1.54) is 0 Å². The molecule has 0 heterocycles. The molecular formula is C12H28N2O. The summed E-state index contributed by atoms with van der Waals surface area (Å²) in [6.45, 7) is 10.5. The van der Waals surface area contributed by atoms with Gasteiger partial charge in [0.2, 0.25) is 0 Å². The van der Waals surface area contributed by atoms with Crippen LogP contribution < -0.4 is 0 Å². The molecule has 0 spiro atoms. The third-order valence-electron chi connectivity index (χ3n) is 2.99. The van der Waals surface area contributed by atoms with E-state index in [2.05, 4.69) is 37.7 Å². The smallest absolute Gasteiger partial charge is 0.0552 e. The van der Waals surface area contributed by atoms with E-state index < -0.39 is 0 Å². The van der Waals surface area contributed by atoms with Crippen LogP contribution in [0.2, 0.25) is 0 Å². The highest BCUT2D eigenvalue weighted by atomic mass is 16.3. The third kappa shape index (κ3) is 6.88. The number of aliphatic hydroxyl groups excluding tert-OH is 1. The molecule has 0 saturated heterocycles. The van der Waals surface area contributed by atoms with Gasteiger partial charge in [-0.1, -0.05) is 13.8 Å². The number of rotatable bonds is 8. The molecule has 0 aromatic heterocycles. The van der Waals surface area contributed by atoms with E-state index in [1.54, 1.807) is 0 Å². The van der Waals surface area contributed by atoms with Crippen LogP contribution in [0.3, 0.4) is 0 Å². The molecule has 0 aliphatic carbocycles. The average Bonchev–Trinajstić information content (AvgIpc) is 2.16. The first kappa shape index (κ1) is 14.9. The second-order valence-electron chi connectivity index (χ2n) is 4.58. The van der Waals surface area contributed by atoms with Crippen molar-refractivity contribution >= 4 is 0 Å². The van der Waals surface area contributed by atoms with Crippen LogP contribution in [0.5, 0.6) is 0 Å². The van der Waals surface area contributed by atoms with Crippen LogP contribution >= 0.6 is 0 Å². The number of aliphatic hydroxyl groups is 1. The summed E-state index contributed by atoms with van der Waals surface area (Å²) in [6, 6.07) is 0. The van der Waals surface area contributed by atoms with Gasteiger partial charge in [0.25, 0.3) is 0 Å². The first-order chi connectivity index (χ1) is 7.01. The highest BCUT2D eigenvalue weighted by Crippen LogP contribution is 2.11. The van der Waals surface area contributed by atoms with Crippen molar-refractivity contribution in [2.24, 2.45) is 5.92 Å². The van der Waals surface area contributed by atoms with Crippen molar-refractivity contribution in [1.29, 1.82) is 0 Å². The molecule has 15 heavy (non-hydrogen) atoms. The summed E-state index contributed by atoms with van der Waals surface area (Å²) in [7, 11) is 4.12. The molecule has 0 aromatic rings. The zero-order chi connectivity index (χ0) is 11.8. The molecule has 0 aliphatic heterocycles. The topological polar surface area (TPSA) is 26.7 Å².